The lowest BCUT2D eigenvalue weighted by atomic mass is 10.2. The van der Waals surface area contributed by atoms with E-state index in [1.54, 1.807) is 19.2 Å². The minimum absolute atomic E-state index is 0.210. The van der Waals surface area contributed by atoms with Gasteiger partial charge in [-0.1, -0.05) is 25.5 Å². The summed E-state index contributed by atoms with van der Waals surface area (Å²) < 4.78 is 18.7. The quantitative estimate of drug-likeness (QED) is 0.433. The van der Waals surface area contributed by atoms with Crippen LogP contribution in [0.2, 0.25) is 0 Å². The zero-order valence-corrected chi connectivity index (χ0v) is 13.9. The highest BCUT2D eigenvalue weighted by atomic mass is 19.1. The molecule has 0 unspecified atom stereocenters. The van der Waals surface area contributed by atoms with Gasteiger partial charge in [-0.05, 0) is 30.5 Å². The summed E-state index contributed by atoms with van der Waals surface area (Å²) in [6.45, 7) is 5.18. The minimum Gasteiger partial charge on any atom is -0.381 e. The Labute approximate surface area is 133 Å². The molecule has 0 aliphatic rings. The van der Waals surface area contributed by atoms with Crippen LogP contribution in [0, 0.1) is 5.82 Å². The summed E-state index contributed by atoms with van der Waals surface area (Å²) in [5.74, 6) is 0.593. The van der Waals surface area contributed by atoms with Gasteiger partial charge < -0.3 is 15.0 Å². The first-order valence-electron chi connectivity index (χ1n) is 7.91. The Morgan fingerprint density at radius 1 is 1.32 bits per heavy atom. The lowest BCUT2D eigenvalue weighted by molar-refractivity contribution is 0.129. The van der Waals surface area contributed by atoms with Crippen LogP contribution in [0.25, 0.3) is 0 Å². The molecule has 22 heavy (non-hydrogen) atoms. The molecule has 0 spiro atoms. The number of unbranched alkanes of at least 4 members (excludes halogenated alkanes) is 1. The summed E-state index contributed by atoms with van der Waals surface area (Å²) in [6, 6.07) is 6.64. The maximum absolute atomic E-state index is 13.2. The van der Waals surface area contributed by atoms with E-state index in [4.69, 9.17) is 4.74 Å². The van der Waals surface area contributed by atoms with Gasteiger partial charge >= 0.3 is 0 Å². The van der Waals surface area contributed by atoms with Gasteiger partial charge in [0.05, 0.1) is 0 Å². The van der Waals surface area contributed by atoms with Gasteiger partial charge in [0.15, 0.2) is 5.96 Å². The molecule has 5 heteroatoms. The third kappa shape index (κ3) is 7.41. The van der Waals surface area contributed by atoms with E-state index in [9.17, 15) is 4.39 Å². The Kier molecular flexibility index (Phi) is 9.23. The van der Waals surface area contributed by atoms with Crippen LogP contribution in [0.4, 0.5) is 4.39 Å². The number of guanidine groups is 1. The zero-order valence-electron chi connectivity index (χ0n) is 13.9. The van der Waals surface area contributed by atoms with Gasteiger partial charge in [0.1, 0.15) is 5.82 Å². The van der Waals surface area contributed by atoms with Crippen LogP contribution in [0.3, 0.4) is 0 Å². The Hall–Kier alpha value is -1.62. The summed E-state index contributed by atoms with van der Waals surface area (Å²) in [7, 11) is 3.69. The van der Waals surface area contributed by atoms with Crippen LogP contribution in [-0.2, 0) is 11.3 Å². The van der Waals surface area contributed by atoms with Crippen LogP contribution < -0.4 is 5.32 Å². The molecule has 0 saturated carbocycles. The summed E-state index contributed by atoms with van der Waals surface area (Å²) in [6.07, 6.45) is 3.22. The molecule has 1 rings (SSSR count). The highest BCUT2D eigenvalue weighted by Crippen LogP contribution is 2.06. The van der Waals surface area contributed by atoms with E-state index in [0.717, 1.165) is 50.5 Å². The van der Waals surface area contributed by atoms with Crippen molar-refractivity contribution in [1.29, 1.82) is 0 Å². The second-order valence-corrected chi connectivity index (χ2v) is 5.28. The predicted octanol–water partition coefficient (Wildman–Crippen LogP) is 3.04. The van der Waals surface area contributed by atoms with E-state index in [0.29, 0.717) is 6.54 Å². The first-order chi connectivity index (χ1) is 10.7. The van der Waals surface area contributed by atoms with Gasteiger partial charge in [-0.3, -0.25) is 4.99 Å². The lowest BCUT2D eigenvalue weighted by Crippen LogP contribution is -2.39. The Bertz CT molecular complexity index is 451. The first kappa shape index (κ1) is 18.4. The molecule has 1 aromatic rings. The SMILES string of the molecule is CCCCOCCCNC(=NC)N(C)Cc1cccc(F)c1. The molecule has 1 N–H and O–H groups in total. The molecule has 0 bridgehead atoms. The van der Waals surface area contributed by atoms with Crippen molar-refractivity contribution in [2.45, 2.75) is 32.7 Å². The average Bonchev–Trinajstić information content (AvgIpc) is 2.50. The third-order valence-corrected chi connectivity index (χ3v) is 3.27. The maximum Gasteiger partial charge on any atom is 0.193 e. The molecule has 0 fully saturated rings. The van der Waals surface area contributed by atoms with Gasteiger partial charge in [-0.15, -0.1) is 0 Å². The van der Waals surface area contributed by atoms with Gasteiger partial charge in [-0.25, -0.2) is 4.39 Å². The standard InChI is InChI=1S/C17H28FN3O/c1-4-5-11-22-12-7-10-20-17(19-2)21(3)14-15-8-6-9-16(18)13-15/h6,8-9,13H,4-5,7,10-12,14H2,1-3H3,(H,19,20). The number of hydrogen-bond donors (Lipinski definition) is 1. The van der Waals surface area contributed by atoms with Crippen molar-refractivity contribution in [1.82, 2.24) is 10.2 Å². The Balaban J connectivity index is 2.28. The Morgan fingerprint density at radius 3 is 2.77 bits per heavy atom. The van der Waals surface area contributed by atoms with Crippen molar-refractivity contribution in [2.75, 3.05) is 33.9 Å². The van der Waals surface area contributed by atoms with E-state index in [1.165, 1.54) is 6.07 Å². The number of aliphatic imine (C=N–C) groups is 1. The molecule has 0 radical (unpaired) electrons. The van der Waals surface area contributed by atoms with E-state index < -0.39 is 0 Å². The van der Waals surface area contributed by atoms with Crippen molar-refractivity contribution in [3.8, 4) is 0 Å². The van der Waals surface area contributed by atoms with Crippen molar-refractivity contribution >= 4 is 5.96 Å². The normalized spacial score (nSPS) is 11.5. The molecular formula is C17H28FN3O. The highest BCUT2D eigenvalue weighted by Gasteiger charge is 2.06. The molecule has 0 heterocycles. The van der Waals surface area contributed by atoms with Gasteiger partial charge in [0.2, 0.25) is 0 Å². The summed E-state index contributed by atoms with van der Waals surface area (Å²) in [5, 5.41) is 3.30. The fourth-order valence-corrected chi connectivity index (χ4v) is 2.09. The van der Waals surface area contributed by atoms with E-state index in [1.807, 2.05) is 18.0 Å². The van der Waals surface area contributed by atoms with E-state index in [-0.39, 0.29) is 5.82 Å². The predicted molar refractivity (Wildman–Crippen MR) is 89.6 cm³/mol. The number of rotatable bonds is 9. The molecule has 1 aromatic carbocycles. The Morgan fingerprint density at radius 2 is 2.09 bits per heavy atom. The molecule has 0 atom stereocenters. The van der Waals surface area contributed by atoms with Crippen molar-refractivity contribution in [3.63, 3.8) is 0 Å². The number of nitrogens with one attached hydrogen (secondary N) is 1. The summed E-state index contributed by atoms with van der Waals surface area (Å²) in [5.41, 5.74) is 0.924. The third-order valence-electron chi connectivity index (χ3n) is 3.27. The largest absolute Gasteiger partial charge is 0.381 e. The fraction of sp³-hybridized carbons (Fsp3) is 0.588. The number of nitrogens with zero attached hydrogens (tertiary/aromatic N) is 2. The number of hydrogen-bond acceptors (Lipinski definition) is 2. The van der Waals surface area contributed by atoms with Crippen LogP contribution in [0.5, 0.6) is 0 Å². The van der Waals surface area contributed by atoms with Crippen LogP contribution in [0.1, 0.15) is 31.7 Å². The fourth-order valence-electron chi connectivity index (χ4n) is 2.09. The molecule has 0 amide bonds. The van der Waals surface area contributed by atoms with Crippen LogP contribution >= 0.6 is 0 Å². The second kappa shape index (κ2) is 11.0. The minimum atomic E-state index is -0.210. The maximum atomic E-state index is 13.2. The smallest absolute Gasteiger partial charge is 0.193 e. The average molecular weight is 309 g/mol. The number of ether oxygens (including phenoxy) is 1. The molecule has 0 aromatic heterocycles. The summed E-state index contributed by atoms with van der Waals surface area (Å²) >= 11 is 0. The summed E-state index contributed by atoms with van der Waals surface area (Å²) in [4.78, 5) is 6.23. The zero-order chi connectivity index (χ0) is 16.2. The number of halogens is 1. The number of benzene rings is 1. The first-order valence-corrected chi connectivity index (χ1v) is 7.91. The van der Waals surface area contributed by atoms with Crippen LogP contribution in [0.15, 0.2) is 29.3 Å². The van der Waals surface area contributed by atoms with E-state index in [2.05, 4.69) is 17.2 Å². The molecule has 0 saturated heterocycles. The molecular weight excluding hydrogens is 281 g/mol. The van der Waals surface area contributed by atoms with Crippen molar-refractivity contribution < 1.29 is 9.13 Å². The van der Waals surface area contributed by atoms with Crippen LogP contribution in [-0.4, -0.2) is 44.7 Å². The monoisotopic (exact) mass is 309 g/mol. The van der Waals surface area contributed by atoms with Gasteiger partial charge in [-0.2, -0.15) is 0 Å². The van der Waals surface area contributed by atoms with Crippen molar-refractivity contribution in [2.24, 2.45) is 4.99 Å². The molecule has 124 valence electrons. The highest BCUT2D eigenvalue weighted by molar-refractivity contribution is 5.79. The second-order valence-electron chi connectivity index (χ2n) is 5.28. The van der Waals surface area contributed by atoms with Gasteiger partial charge in [0, 0.05) is 40.4 Å². The van der Waals surface area contributed by atoms with Crippen molar-refractivity contribution in [3.05, 3.63) is 35.6 Å². The van der Waals surface area contributed by atoms with Gasteiger partial charge in [0.25, 0.3) is 0 Å². The van der Waals surface area contributed by atoms with E-state index >= 15 is 0 Å². The molecule has 4 nitrogen and oxygen atoms in total. The molecule has 0 aliphatic carbocycles. The lowest BCUT2D eigenvalue weighted by Gasteiger charge is -2.22. The molecule has 0 aliphatic heterocycles. The topological polar surface area (TPSA) is 36.9 Å².